The molecule has 3 rings (SSSR count). The number of nitrogens with zero attached hydrogens (tertiary/aromatic N) is 1. The lowest BCUT2D eigenvalue weighted by Gasteiger charge is -2.09. The van der Waals surface area contributed by atoms with E-state index in [1.54, 1.807) is 0 Å². The van der Waals surface area contributed by atoms with E-state index in [2.05, 4.69) is 15.6 Å². The molecule has 5 nitrogen and oxygen atoms in total. The molecule has 0 atom stereocenters. The Morgan fingerprint density at radius 3 is 2.31 bits per heavy atom. The van der Waals surface area contributed by atoms with E-state index >= 15 is 0 Å². The third-order valence-corrected chi connectivity index (χ3v) is 4.03. The predicted molar refractivity (Wildman–Crippen MR) is 101 cm³/mol. The average Bonchev–Trinajstić information content (AvgIpc) is 2.72. The average molecular weight is 399 g/mol. The second kappa shape index (κ2) is 8.55. The number of carbonyl (C=O) groups is 2. The number of aryl methyl sites for hydroxylation is 1. The SMILES string of the molecule is Cc1cccc(CNC(=O)c2cccc(C(=O)Nc3ccc(F)c(F)c3F)n2)c1. The normalized spacial score (nSPS) is 10.5. The summed E-state index contributed by atoms with van der Waals surface area (Å²) in [5.74, 6) is -5.96. The van der Waals surface area contributed by atoms with Crippen LogP contribution in [0.2, 0.25) is 0 Å². The van der Waals surface area contributed by atoms with Crippen LogP contribution < -0.4 is 10.6 Å². The largest absolute Gasteiger partial charge is 0.347 e. The molecule has 8 heteroatoms. The van der Waals surface area contributed by atoms with Crippen molar-refractivity contribution in [3.05, 3.63) is 94.6 Å². The van der Waals surface area contributed by atoms with Gasteiger partial charge < -0.3 is 10.6 Å². The molecule has 0 aliphatic rings. The highest BCUT2D eigenvalue weighted by Gasteiger charge is 2.17. The van der Waals surface area contributed by atoms with Crippen molar-refractivity contribution in [3.8, 4) is 0 Å². The van der Waals surface area contributed by atoms with E-state index in [9.17, 15) is 22.8 Å². The molecule has 2 aromatic carbocycles. The third kappa shape index (κ3) is 4.78. The molecule has 0 fully saturated rings. The van der Waals surface area contributed by atoms with Crippen LogP contribution in [0.4, 0.5) is 18.9 Å². The smallest absolute Gasteiger partial charge is 0.274 e. The van der Waals surface area contributed by atoms with Crippen LogP contribution in [0.15, 0.2) is 54.6 Å². The van der Waals surface area contributed by atoms with Crippen molar-refractivity contribution in [3.63, 3.8) is 0 Å². The number of pyridine rings is 1. The first-order valence-corrected chi connectivity index (χ1v) is 8.61. The summed E-state index contributed by atoms with van der Waals surface area (Å²) in [7, 11) is 0. The first-order chi connectivity index (χ1) is 13.8. The fourth-order valence-electron chi connectivity index (χ4n) is 2.59. The van der Waals surface area contributed by atoms with E-state index in [4.69, 9.17) is 0 Å². The minimum atomic E-state index is -1.69. The van der Waals surface area contributed by atoms with Gasteiger partial charge in [0.15, 0.2) is 17.5 Å². The molecule has 0 saturated heterocycles. The van der Waals surface area contributed by atoms with Crippen LogP contribution in [0.25, 0.3) is 0 Å². The van der Waals surface area contributed by atoms with Crippen LogP contribution in [0.3, 0.4) is 0 Å². The van der Waals surface area contributed by atoms with E-state index in [1.807, 2.05) is 31.2 Å². The van der Waals surface area contributed by atoms with Gasteiger partial charge in [0, 0.05) is 6.54 Å². The summed E-state index contributed by atoms with van der Waals surface area (Å²) in [5, 5.41) is 4.81. The second-order valence-corrected chi connectivity index (χ2v) is 6.26. The van der Waals surface area contributed by atoms with Gasteiger partial charge >= 0.3 is 0 Å². The van der Waals surface area contributed by atoms with Crippen molar-refractivity contribution in [1.82, 2.24) is 10.3 Å². The monoisotopic (exact) mass is 399 g/mol. The van der Waals surface area contributed by atoms with Crippen molar-refractivity contribution in [2.24, 2.45) is 0 Å². The molecule has 0 unspecified atom stereocenters. The lowest BCUT2D eigenvalue weighted by Crippen LogP contribution is -2.25. The van der Waals surface area contributed by atoms with Gasteiger partial charge in [-0.15, -0.1) is 0 Å². The summed E-state index contributed by atoms with van der Waals surface area (Å²) in [4.78, 5) is 28.5. The molecule has 29 heavy (non-hydrogen) atoms. The fraction of sp³-hybridized carbons (Fsp3) is 0.0952. The zero-order valence-corrected chi connectivity index (χ0v) is 15.3. The third-order valence-electron chi connectivity index (χ3n) is 4.03. The molecule has 3 aromatic rings. The molecule has 148 valence electrons. The van der Waals surface area contributed by atoms with Crippen molar-refractivity contribution in [1.29, 1.82) is 0 Å². The van der Waals surface area contributed by atoms with E-state index in [0.29, 0.717) is 6.07 Å². The molecule has 0 spiro atoms. The lowest BCUT2D eigenvalue weighted by molar-refractivity contribution is 0.0945. The molecule has 1 heterocycles. The molecule has 0 aliphatic heterocycles. The summed E-state index contributed by atoms with van der Waals surface area (Å²) in [5.41, 5.74) is 1.22. The topological polar surface area (TPSA) is 71.1 Å². The maximum atomic E-state index is 13.7. The number of amides is 2. The lowest BCUT2D eigenvalue weighted by atomic mass is 10.1. The number of halogens is 3. The van der Waals surface area contributed by atoms with Crippen LogP contribution in [0, 0.1) is 24.4 Å². The maximum Gasteiger partial charge on any atom is 0.274 e. The Morgan fingerprint density at radius 2 is 1.59 bits per heavy atom. The fourth-order valence-corrected chi connectivity index (χ4v) is 2.59. The first kappa shape index (κ1) is 20.1. The van der Waals surface area contributed by atoms with Crippen molar-refractivity contribution in [2.45, 2.75) is 13.5 Å². The molecule has 0 saturated carbocycles. The number of hydrogen-bond donors (Lipinski definition) is 2. The van der Waals surface area contributed by atoms with Gasteiger partial charge in [0.1, 0.15) is 11.4 Å². The van der Waals surface area contributed by atoms with Crippen LogP contribution in [-0.2, 0) is 6.54 Å². The van der Waals surface area contributed by atoms with E-state index in [0.717, 1.165) is 17.2 Å². The van der Waals surface area contributed by atoms with Gasteiger partial charge in [-0.25, -0.2) is 18.2 Å². The van der Waals surface area contributed by atoms with Gasteiger partial charge in [0.2, 0.25) is 0 Å². The highest BCUT2D eigenvalue weighted by atomic mass is 19.2. The van der Waals surface area contributed by atoms with Gasteiger partial charge in [0.05, 0.1) is 5.69 Å². The minimum absolute atomic E-state index is 0.0175. The summed E-state index contributed by atoms with van der Waals surface area (Å²) in [6, 6.07) is 13.3. The Kier molecular flexibility index (Phi) is 5.92. The minimum Gasteiger partial charge on any atom is -0.347 e. The molecule has 2 amide bonds. The van der Waals surface area contributed by atoms with Crippen molar-refractivity contribution < 1.29 is 22.8 Å². The Labute approximate surface area is 164 Å². The Bertz CT molecular complexity index is 1090. The standard InChI is InChI=1S/C21H16F3N3O2/c1-12-4-2-5-13(10-12)11-25-20(28)16-6-3-7-17(26-16)21(29)27-15-9-8-14(22)18(23)19(15)24/h2-10H,11H2,1H3,(H,25,28)(H,27,29). The number of anilines is 1. The van der Waals surface area contributed by atoms with Crippen LogP contribution in [0.5, 0.6) is 0 Å². The Morgan fingerprint density at radius 1 is 0.897 bits per heavy atom. The first-order valence-electron chi connectivity index (χ1n) is 8.61. The van der Waals surface area contributed by atoms with Crippen molar-refractivity contribution >= 4 is 17.5 Å². The van der Waals surface area contributed by atoms with E-state index < -0.39 is 35.0 Å². The zero-order valence-electron chi connectivity index (χ0n) is 15.3. The van der Waals surface area contributed by atoms with Gasteiger partial charge in [-0.2, -0.15) is 0 Å². The van der Waals surface area contributed by atoms with Gasteiger partial charge in [-0.05, 0) is 36.8 Å². The highest BCUT2D eigenvalue weighted by molar-refractivity contribution is 6.03. The molecule has 0 bridgehead atoms. The number of benzene rings is 2. The predicted octanol–water partition coefficient (Wildman–Crippen LogP) is 3.99. The number of nitrogens with one attached hydrogen (secondary N) is 2. The Hall–Kier alpha value is -3.68. The molecule has 0 aliphatic carbocycles. The van der Waals surface area contributed by atoms with Crippen LogP contribution in [-0.4, -0.2) is 16.8 Å². The number of aromatic nitrogens is 1. The highest BCUT2D eigenvalue weighted by Crippen LogP contribution is 2.20. The van der Waals surface area contributed by atoms with Crippen LogP contribution >= 0.6 is 0 Å². The van der Waals surface area contributed by atoms with Gasteiger partial charge in [0.25, 0.3) is 11.8 Å². The molecular formula is C21H16F3N3O2. The number of rotatable bonds is 5. The summed E-state index contributed by atoms with van der Waals surface area (Å²) < 4.78 is 40.0. The second-order valence-electron chi connectivity index (χ2n) is 6.26. The summed E-state index contributed by atoms with van der Waals surface area (Å²) >= 11 is 0. The summed E-state index contributed by atoms with van der Waals surface area (Å²) in [6.45, 7) is 2.21. The number of carbonyl (C=O) groups excluding carboxylic acids is 2. The van der Waals surface area contributed by atoms with Crippen LogP contribution in [0.1, 0.15) is 32.1 Å². The Balaban J connectivity index is 1.70. The quantitative estimate of drug-likeness (QED) is 0.638. The maximum absolute atomic E-state index is 13.7. The molecule has 1 aromatic heterocycles. The summed E-state index contributed by atoms with van der Waals surface area (Å²) in [6.07, 6.45) is 0. The van der Waals surface area contributed by atoms with E-state index in [-0.39, 0.29) is 17.9 Å². The number of hydrogen-bond acceptors (Lipinski definition) is 3. The molecular weight excluding hydrogens is 383 g/mol. The molecule has 2 N–H and O–H groups in total. The van der Waals surface area contributed by atoms with Gasteiger partial charge in [-0.3, -0.25) is 9.59 Å². The van der Waals surface area contributed by atoms with Gasteiger partial charge in [-0.1, -0.05) is 35.9 Å². The zero-order chi connectivity index (χ0) is 21.0. The molecule has 0 radical (unpaired) electrons. The van der Waals surface area contributed by atoms with Crippen molar-refractivity contribution in [2.75, 3.05) is 5.32 Å². The van der Waals surface area contributed by atoms with E-state index in [1.165, 1.54) is 18.2 Å².